The van der Waals surface area contributed by atoms with E-state index in [9.17, 15) is 14.4 Å². The van der Waals surface area contributed by atoms with Crippen molar-refractivity contribution in [1.82, 2.24) is 5.32 Å². The van der Waals surface area contributed by atoms with Gasteiger partial charge in [0.25, 0.3) is 0 Å². The number of nitrogens with one attached hydrogen (secondary N) is 2. The standard InChI is InChI=1S/C10H11N2O2.C2H2ClO.Sn/c1-7(13)12-9-5-3-8(4-6-9)10(14)11-2;3-1-2-4;/h3-6H,2H2,1H3,(H,11,14)(H,12,13);1H2;. The molecule has 0 aliphatic carbocycles. The molecule has 5 nitrogen and oxygen atoms in total. The molecule has 100 valence electrons. The molecule has 0 atom stereocenters. The second kappa shape index (κ2) is 8.16. The van der Waals surface area contributed by atoms with Crippen LogP contribution in [0.5, 0.6) is 0 Å². The van der Waals surface area contributed by atoms with E-state index in [2.05, 4.69) is 10.6 Å². The fourth-order valence-corrected chi connectivity index (χ4v) is 3.46. The van der Waals surface area contributed by atoms with Crippen LogP contribution in [-0.4, -0.2) is 47.2 Å². The molecule has 0 aliphatic rings. The molecule has 0 bridgehead atoms. The van der Waals surface area contributed by atoms with E-state index >= 15 is 0 Å². The first-order valence-corrected chi connectivity index (χ1v) is 9.49. The van der Waals surface area contributed by atoms with Crippen LogP contribution in [0.1, 0.15) is 17.3 Å². The zero-order valence-corrected chi connectivity index (χ0v) is 13.9. The van der Waals surface area contributed by atoms with Crippen molar-refractivity contribution < 1.29 is 14.4 Å². The summed E-state index contributed by atoms with van der Waals surface area (Å²) < 4.78 is 0.493. The van der Waals surface area contributed by atoms with E-state index in [-0.39, 0.29) is 21.5 Å². The number of rotatable bonds is 6. The number of amides is 2. The molecule has 1 aromatic carbocycles. The Bertz CT molecular complexity index is 476. The van der Waals surface area contributed by atoms with E-state index in [0.717, 1.165) is 0 Å². The van der Waals surface area contributed by atoms with E-state index in [0.29, 0.717) is 15.8 Å². The van der Waals surface area contributed by atoms with Crippen LogP contribution in [0, 0.1) is 0 Å². The van der Waals surface area contributed by atoms with Crippen LogP contribution >= 0.6 is 11.6 Å². The Morgan fingerprint density at radius 2 is 1.84 bits per heavy atom. The summed E-state index contributed by atoms with van der Waals surface area (Å²) in [5, 5.41) is 5.31. The first-order valence-electron chi connectivity index (χ1n) is 5.51. The quantitative estimate of drug-likeness (QED) is 0.560. The van der Waals surface area contributed by atoms with Gasteiger partial charge < -0.3 is 0 Å². The summed E-state index contributed by atoms with van der Waals surface area (Å²) in [5.41, 5.74) is 1.13. The van der Waals surface area contributed by atoms with Crippen molar-refractivity contribution in [3.63, 3.8) is 0 Å². The molecule has 0 heterocycles. The number of carbonyl (C=O) groups excluding carboxylic acids is 3. The molecular weight excluding hydrogens is 374 g/mol. The second-order valence-corrected chi connectivity index (χ2v) is 7.55. The van der Waals surface area contributed by atoms with Crippen LogP contribution in [0.2, 0.25) is 0 Å². The van der Waals surface area contributed by atoms with Crippen LogP contribution in [0.15, 0.2) is 24.3 Å². The summed E-state index contributed by atoms with van der Waals surface area (Å²) in [6.45, 7) is 1.42. The van der Waals surface area contributed by atoms with E-state index in [1.807, 2.05) is 0 Å². The van der Waals surface area contributed by atoms with Crippen LogP contribution in [0.25, 0.3) is 0 Å². The average molecular weight is 387 g/mol. The van der Waals surface area contributed by atoms with E-state index in [1.54, 1.807) is 24.3 Å². The van der Waals surface area contributed by atoms with Gasteiger partial charge in [-0.1, -0.05) is 0 Å². The predicted octanol–water partition coefficient (Wildman–Crippen LogP) is 0.802. The number of anilines is 1. The number of hydrogen-bond donors (Lipinski definition) is 2. The Labute approximate surface area is 126 Å². The Balaban J connectivity index is 2.48. The third-order valence-corrected chi connectivity index (χ3v) is 5.64. The van der Waals surface area contributed by atoms with Gasteiger partial charge in [-0.3, -0.25) is 0 Å². The monoisotopic (exact) mass is 388 g/mol. The molecule has 0 saturated carbocycles. The Morgan fingerprint density at radius 1 is 1.21 bits per heavy atom. The minimum absolute atomic E-state index is 0.0352. The molecule has 2 N–H and O–H groups in total. The molecule has 0 unspecified atom stereocenters. The normalized spacial score (nSPS) is 9.79. The maximum atomic E-state index is 11.7. The third kappa shape index (κ3) is 6.06. The number of benzene rings is 1. The first kappa shape index (κ1) is 16.0. The van der Waals surface area contributed by atoms with Crippen molar-refractivity contribution in [2.75, 3.05) is 15.8 Å². The maximum absolute atomic E-state index is 11.7. The van der Waals surface area contributed by atoms with Gasteiger partial charge in [-0.15, -0.1) is 0 Å². The molecule has 0 aromatic heterocycles. The number of carbonyl (C=O) groups is 3. The second-order valence-electron chi connectivity index (χ2n) is 3.67. The first-order chi connectivity index (χ1) is 9.02. The van der Waals surface area contributed by atoms with Crippen molar-refractivity contribution in [2.24, 2.45) is 0 Å². The topological polar surface area (TPSA) is 75.3 Å². The number of alkyl halides is 1. The van der Waals surface area contributed by atoms with Crippen molar-refractivity contribution in [2.45, 2.75) is 6.92 Å². The Kier molecular flexibility index (Phi) is 6.86. The van der Waals surface area contributed by atoms with E-state index in [1.165, 1.54) is 6.92 Å². The minimum atomic E-state index is -1.27. The number of hydrogen-bond acceptors (Lipinski definition) is 3. The molecule has 0 fully saturated rings. The van der Waals surface area contributed by atoms with Gasteiger partial charge >= 0.3 is 126 Å². The van der Waals surface area contributed by atoms with Gasteiger partial charge in [-0.05, 0) is 0 Å². The van der Waals surface area contributed by atoms with Gasteiger partial charge in [0.2, 0.25) is 0 Å². The SMILES string of the molecule is CC(=O)Nc1ccc(C(=O)N[CH2][Sn][C](=O)CCl)cc1. The van der Waals surface area contributed by atoms with Crippen LogP contribution < -0.4 is 10.6 Å². The van der Waals surface area contributed by atoms with Gasteiger partial charge in [0.1, 0.15) is 0 Å². The van der Waals surface area contributed by atoms with Gasteiger partial charge in [0, 0.05) is 0 Å². The molecular formula is C12H13ClN2O3Sn. The molecule has 1 aromatic rings. The third-order valence-electron chi connectivity index (χ3n) is 2.12. The summed E-state index contributed by atoms with van der Waals surface area (Å²) in [6.07, 6.45) is 0. The molecule has 2 amide bonds. The van der Waals surface area contributed by atoms with Crippen LogP contribution in [0.4, 0.5) is 5.69 Å². The fourth-order valence-electron chi connectivity index (χ4n) is 1.28. The molecule has 19 heavy (non-hydrogen) atoms. The predicted molar refractivity (Wildman–Crippen MR) is 74.6 cm³/mol. The molecule has 0 saturated heterocycles. The summed E-state index contributed by atoms with van der Waals surface area (Å²) in [6, 6.07) is 6.55. The van der Waals surface area contributed by atoms with Gasteiger partial charge in [-0.25, -0.2) is 0 Å². The van der Waals surface area contributed by atoms with Crippen LogP contribution in [-0.2, 0) is 9.59 Å². The number of halogens is 1. The molecule has 0 spiro atoms. The van der Waals surface area contributed by atoms with Gasteiger partial charge in [0.05, 0.1) is 0 Å². The zero-order valence-electron chi connectivity index (χ0n) is 10.3. The zero-order chi connectivity index (χ0) is 14.3. The van der Waals surface area contributed by atoms with Gasteiger partial charge in [0.15, 0.2) is 0 Å². The Hall–Kier alpha value is -1.08. The summed E-state index contributed by atoms with van der Waals surface area (Å²) in [4.78, 5) is 33.6. The molecule has 2 radical (unpaired) electrons. The Morgan fingerprint density at radius 3 is 2.37 bits per heavy atom. The summed E-state index contributed by atoms with van der Waals surface area (Å²) in [5.74, 6) is -0.352. The molecule has 7 heteroatoms. The van der Waals surface area contributed by atoms with Crippen LogP contribution in [0.3, 0.4) is 0 Å². The van der Waals surface area contributed by atoms with Crippen molar-refractivity contribution in [3.05, 3.63) is 29.8 Å². The molecule has 0 aliphatic heterocycles. The van der Waals surface area contributed by atoms with Crippen molar-refractivity contribution in [3.8, 4) is 0 Å². The average Bonchev–Trinajstić information content (AvgIpc) is 2.38. The summed E-state index contributed by atoms with van der Waals surface area (Å²) in [7, 11) is 0. The van der Waals surface area contributed by atoms with E-state index in [4.69, 9.17) is 11.6 Å². The molecule has 1 rings (SSSR count). The fraction of sp³-hybridized carbons (Fsp3) is 0.250. The summed E-state index contributed by atoms with van der Waals surface area (Å²) >= 11 is 4.12. The van der Waals surface area contributed by atoms with Crippen molar-refractivity contribution in [1.29, 1.82) is 0 Å². The van der Waals surface area contributed by atoms with Crippen molar-refractivity contribution >= 4 is 54.0 Å². The van der Waals surface area contributed by atoms with Gasteiger partial charge in [-0.2, -0.15) is 0 Å². The van der Waals surface area contributed by atoms with E-state index < -0.39 is 21.1 Å².